The van der Waals surface area contributed by atoms with Gasteiger partial charge in [-0.1, -0.05) is 43.3 Å². The van der Waals surface area contributed by atoms with E-state index in [1.54, 1.807) is 12.1 Å². The second-order valence-corrected chi connectivity index (χ2v) is 7.21. The van der Waals surface area contributed by atoms with Crippen molar-refractivity contribution in [1.29, 1.82) is 0 Å². The number of halogens is 1. The van der Waals surface area contributed by atoms with Crippen molar-refractivity contribution in [1.82, 2.24) is 9.88 Å². The van der Waals surface area contributed by atoms with Crippen molar-refractivity contribution < 1.29 is 13.9 Å². The maximum atomic E-state index is 14.7. The zero-order valence-electron chi connectivity index (χ0n) is 16.1. The average Bonchev–Trinajstić information content (AvgIpc) is 3.17. The molecule has 4 rings (SSSR count). The van der Waals surface area contributed by atoms with Gasteiger partial charge in [0.05, 0.1) is 13.2 Å². The van der Waals surface area contributed by atoms with E-state index in [1.807, 2.05) is 29.3 Å². The second-order valence-electron chi connectivity index (χ2n) is 7.21. The summed E-state index contributed by atoms with van der Waals surface area (Å²) in [4.78, 5) is 18.2. The van der Waals surface area contributed by atoms with Gasteiger partial charge in [-0.2, -0.15) is 0 Å². The van der Waals surface area contributed by atoms with Crippen molar-refractivity contribution in [2.45, 2.75) is 25.7 Å². The van der Waals surface area contributed by atoms with E-state index in [0.717, 1.165) is 22.9 Å². The Morgan fingerprint density at radius 2 is 1.93 bits per heavy atom. The molecule has 1 atom stereocenters. The van der Waals surface area contributed by atoms with Crippen molar-refractivity contribution in [2.75, 3.05) is 26.3 Å². The Morgan fingerprint density at radius 1 is 1.14 bits per heavy atom. The number of aromatic nitrogens is 1. The number of H-pyrrole nitrogens is 1. The zero-order valence-corrected chi connectivity index (χ0v) is 16.1. The zero-order chi connectivity index (χ0) is 19.5. The van der Waals surface area contributed by atoms with Gasteiger partial charge in [0.15, 0.2) is 0 Å². The third-order valence-electron chi connectivity index (χ3n) is 5.61. The summed E-state index contributed by atoms with van der Waals surface area (Å²) in [7, 11) is 0. The van der Waals surface area contributed by atoms with Crippen LogP contribution < -0.4 is 0 Å². The number of benzene rings is 2. The van der Waals surface area contributed by atoms with Crippen LogP contribution in [0.2, 0.25) is 0 Å². The lowest BCUT2D eigenvalue weighted by atomic mass is 9.87. The van der Waals surface area contributed by atoms with Crippen molar-refractivity contribution in [3.8, 4) is 0 Å². The Bertz CT molecular complexity index is 976. The van der Waals surface area contributed by atoms with E-state index in [-0.39, 0.29) is 24.1 Å². The molecular weight excluding hydrogens is 355 g/mol. The van der Waals surface area contributed by atoms with Crippen LogP contribution in [0.5, 0.6) is 0 Å². The van der Waals surface area contributed by atoms with E-state index >= 15 is 0 Å². The van der Waals surface area contributed by atoms with E-state index in [2.05, 4.69) is 18.0 Å². The molecule has 4 nitrogen and oxygen atoms in total. The molecule has 0 unspecified atom stereocenters. The molecule has 0 radical (unpaired) electrons. The number of aromatic amines is 1. The number of nitrogens with zero attached hydrogens (tertiary/aromatic N) is 1. The van der Waals surface area contributed by atoms with Gasteiger partial charge in [0.1, 0.15) is 5.82 Å². The molecule has 2 heterocycles. The normalized spacial score (nSPS) is 15.7. The maximum absolute atomic E-state index is 14.7. The smallest absolute Gasteiger partial charge is 0.223 e. The molecule has 1 amide bonds. The van der Waals surface area contributed by atoms with Crippen molar-refractivity contribution in [3.05, 3.63) is 71.2 Å². The standard InChI is InChI=1S/C23H25FN2O2/c1-2-16-6-5-8-18-20(15-25-23(16)18)19(17-7-3-4-9-21(17)24)14-22(27)26-10-12-28-13-11-26/h3-9,15,19,25H,2,10-14H2,1H3/t19-/m0/s1. The number of rotatable bonds is 5. The van der Waals surface area contributed by atoms with E-state index in [1.165, 1.54) is 11.6 Å². The lowest BCUT2D eigenvalue weighted by Gasteiger charge is -2.28. The highest BCUT2D eigenvalue weighted by Crippen LogP contribution is 2.36. The van der Waals surface area contributed by atoms with Crippen LogP contribution >= 0.6 is 0 Å². The van der Waals surface area contributed by atoms with Crippen LogP contribution in [-0.4, -0.2) is 42.1 Å². The summed E-state index contributed by atoms with van der Waals surface area (Å²) in [6.07, 6.45) is 3.09. The fourth-order valence-electron chi connectivity index (χ4n) is 4.08. The highest BCUT2D eigenvalue weighted by molar-refractivity contribution is 5.88. The van der Waals surface area contributed by atoms with Crippen LogP contribution in [-0.2, 0) is 16.0 Å². The number of carbonyl (C=O) groups excluding carboxylic acids is 1. The number of ether oxygens (including phenoxy) is 1. The van der Waals surface area contributed by atoms with Crippen molar-refractivity contribution in [2.24, 2.45) is 0 Å². The average molecular weight is 380 g/mol. The molecule has 146 valence electrons. The molecule has 3 aromatic rings. The third-order valence-corrected chi connectivity index (χ3v) is 5.61. The highest BCUT2D eigenvalue weighted by Gasteiger charge is 2.27. The van der Waals surface area contributed by atoms with Crippen molar-refractivity contribution >= 4 is 16.8 Å². The largest absolute Gasteiger partial charge is 0.378 e. The van der Waals surface area contributed by atoms with Crippen molar-refractivity contribution in [3.63, 3.8) is 0 Å². The number of morpholine rings is 1. The minimum atomic E-state index is -0.336. The highest BCUT2D eigenvalue weighted by atomic mass is 19.1. The van der Waals surface area contributed by atoms with Gasteiger partial charge < -0.3 is 14.6 Å². The van der Waals surface area contributed by atoms with Crippen LogP contribution in [0.3, 0.4) is 0 Å². The Hall–Kier alpha value is -2.66. The monoisotopic (exact) mass is 380 g/mol. The lowest BCUT2D eigenvalue weighted by molar-refractivity contribution is -0.135. The molecular formula is C23H25FN2O2. The van der Waals surface area contributed by atoms with Crippen LogP contribution in [0.1, 0.15) is 36.0 Å². The van der Waals surface area contributed by atoms with Gasteiger partial charge in [0, 0.05) is 42.5 Å². The van der Waals surface area contributed by atoms with Crippen LogP contribution in [0, 0.1) is 5.82 Å². The summed E-state index contributed by atoms with van der Waals surface area (Å²) in [5, 5.41) is 1.06. The number of carbonyl (C=O) groups is 1. The third kappa shape index (κ3) is 3.54. The summed E-state index contributed by atoms with van der Waals surface area (Å²) >= 11 is 0. The molecule has 0 aliphatic carbocycles. The number of nitrogens with one attached hydrogen (secondary N) is 1. The van der Waals surface area contributed by atoms with Crippen LogP contribution in [0.4, 0.5) is 4.39 Å². The molecule has 1 N–H and O–H groups in total. The summed E-state index contributed by atoms with van der Waals surface area (Å²) < 4.78 is 20.1. The van der Waals surface area contributed by atoms with Gasteiger partial charge in [-0.25, -0.2) is 4.39 Å². The first-order chi connectivity index (χ1) is 13.7. The molecule has 2 aromatic carbocycles. The Balaban J connectivity index is 1.75. The maximum Gasteiger partial charge on any atom is 0.223 e. The minimum Gasteiger partial charge on any atom is -0.378 e. The predicted octanol–water partition coefficient (Wildman–Crippen LogP) is 4.25. The fraction of sp³-hybridized carbons (Fsp3) is 0.348. The summed E-state index contributed by atoms with van der Waals surface area (Å²) in [6, 6.07) is 12.9. The number of amides is 1. The number of hydrogen-bond donors (Lipinski definition) is 1. The molecule has 28 heavy (non-hydrogen) atoms. The summed E-state index contributed by atoms with van der Waals surface area (Å²) in [6.45, 7) is 4.42. The molecule has 5 heteroatoms. The molecule has 0 saturated carbocycles. The SMILES string of the molecule is CCc1cccc2c([C@@H](CC(=O)N3CCOCC3)c3ccccc3F)c[nH]c12. The number of hydrogen-bond acceptors (Lipinski definition) is 2. The first-order valence-corrected chi connectivity index (χ1v) is 9.88. The van der Waals surface area contributed by atoms with Crippen LogP contribution in [0.15, 0.2) is 48.7 Å². The molecule has 0 spiro atoms. The molecule has 1 saturated heterocycles. The summed E-state index contributed by atoms with van der Waals surface area (Å²) in [5.41, 5.74) is 3.82. The molecule has 0 bridgehead atoms. The van der Waals surface area contributed by atoms with Gasteiger partial charge in [-0.15, -0.1) is 0 Å². The van der Waals surface area contributed by atoms with Gasteiger partial charge in [-0.3, -0.25) is 4.79 Å². The quantitative estimate of drug-likeness (QED) is 0.719. The summed E-state index contributed by atoms with van der Waals surface area (Å²) in [5.74, 6) is -0.571. The molecule has 1 fully saturated rings. The second kappa shape index (κ2) is 8.15. The van der Waals surface area contributed by atoms with Gasteiger partial charge in [0.25, 0.3) is 0 Å². The molecule has 1 aliphatic heterocycles. The topological polar surface area (TPSA) is 45.3 Å². The van der Waals surface area contributed by atoms with Crippen LogP contribution in [0.25, 0.3) is 10.9 Å². The Labute approximate surface area is 164 Å². The van der Waals surface area contributed by atoms with E-state index in [9.17, 15) is 9.18 Å². The van der Waals surface area contributed by atoms with Gasteiger partial charge >= 0.3 is 0 Å². The predicted molar refractivity (Wildman–Crippen MR) is 108 cm³/mol. The van der Waals surface area contributed by atoms with E-state index in [4.69, 9.17) is 4.74 Å². The first-order valence-electron chi connectivity index (χ1n) is 9.88. The Kier molecular flexibility index (Phi) is 5.44. The Morgan fingerprint density at radius 3 is 2.68 bits per heavy atom. The van der Waals surface area contributed by atoms with E-state index in [0.29, 0.717) is 31.9 Å². The number of para-hydroxylation sites is 1. The minimum absolute atomic E-state index is 0.0394. The number of fused-ring (bicyclic) bond motifs is 1. The lowest BCUT2D eigenvalue weighted by Crippen LogP contribution is -2.41. The van der Waals surface area contributed by atoms with E-state index < -0.39 is 0 Å². The van der Waals surface area contributed by atoms with Gasteiger partial charge in [0.2, 0.25) is 5.91 Å². The van der Waals surface area contributed by atoms with Gasteiger partial charge in [-0.05, 0) is 29.2 Å². The number of aryl methyl sites for hydroxylation is 1. The first kappa shape index (κ1) is 18.7. The molecule has 1 aliphatic rings. The molecule has 1 aromatic heterocycles. The fourth-order valence-corrected chi connectivity index (χ4v) is 4.08.